The molecule has 1 atom stereocenters. The third kappa shape index (κ3) is 5.22. The molecule has 0 aliphatic carbocycles. The van der Waals surface area contributed by atoms with Gasteiger partial charge in [0, 0.05) is 38.2 Å². The highest BCUT2D eigenvalue weighted by molar-refractivity contribution is 4.79. The zero-order valence-corrected chi connectivity index (χ0v) is 12.1. The Bertz CT molecular complexity index is 226. The summed E-state index contributed by atoms with van der Waals surface area (Å²) in [6.07, 6.45) is 3.37. The summed E-state index contributed by atoms with van der Waals surface area (Å²) in [5.41, 5.74) is 0.0426. The van der Waals surface area contributed by atoms with Gasteiger partial charge >= 0.3 is 0 Å². The lowest BCUT2D eigenvalue weighted by molar-refractivity contribution is 0.0808. The topological polar surface area (TPSA) is 46.9 Å². The van der Waals surface area contributed by atoms with Crippen molar-refractivity contribution in [1.82, 2.24) is 9.80 Å². The zero-order chi connectivity index (χ0) is 13.4. The fourth-order valence-corrected chi connectivity index (χ4v) is 2.90. The van der Waals surface area contributed by atoms with E-state index in [1.54, 1.807) is 0 Å². The van der Waals surface area contributed by atoms with E-state index in [9.17, 15) is 5.11 Å². The average Bonchev–Trinajstić information content (AvgIpc) is 2.56. The second kappa shape index (κ2) is 8.10. The van der Waals surface area contributed by atoms with E-state index in [1.165, 1.54) is 0 Å². The maximum Gasteiger partial charge on any atom is 0.0558 e. The monoisotopic (exact) mass is 258 g/mol. The van der Waals surface area contributed by atoms with Crippen LogP contribution < -0.4 is 0 Å². The Kier molecular flexibility index (Phi) is 7.15. The van der Waals surface area contributed by atoms with E-state index in [1.807, 2.05) is 0 Å². The van der Waals surface area contributed by atoms with Gasteiger partial charge in [-0.05, 0) is 25.9 Å². The van der Waals surface area contributed by atoms with Gasteiger partial charge in [-0.3, -0.25) is 4.90 Å². The molecule has 1 unspecified atom stereocenters. The molecule has 1 saturated heterocycles. The molecule has 2 N–H and O–H groups in total. The Morgan fingerprint density at radius 3 is 2.33 bits per heavy atom. The van der Waals surface area contributed by atoms with Gasteiger partial charge in [-0.15, -0.1) is 0 Å². The van der Waals surface area contributed by atoms with E-state index < -0.39 is 0 Å². The van der Waals surface area contributed by atoms with Gasteiger partial charge in [-0.25, -0.2) is 0 Å². The highest BCUT2D eigenvalue weighted by Crippen LogP contribution is 2.24. The van der Waals surface area contributed by atoms with E-state index in [0.29, 0.717) is 0 Å². The lowest BCUT2D eigenvalue weighted by atomic mass is 9.86. The van der Waals surface area contributed by atoms with Crippen LogP contribution in [0.15, 0.2) is 0 Å². The molecule has 0 bridgehead atoms. The van der Waals surface area contributed by atoms with Crippen LogP contribution in [0.25, 0.3) is 0 Å². The van der Waals surface area contributed by atoms with E-state index in [4.69, 9.17) is 5.11 Å². The van der Waals surface area contributed by atoms with Crippen LogP contribution in [0.5, 0.6) is 0 Å². The molecular weight excluding hydrogens is 228 g/mol. The fourth-order valence-electron chi connectivity index (χ4n) is 2.90. The van der Waals surface area contributed by atoms with Gasteiger partial charge in [0.2, 0.25) is 0 Å². The Labute approximate surface area is 112 Å². The Morgan fingerprint density at radius 1 is 1.06 bits per heavy atom. The molecule has 18 heavy (non-hydrogen) atoms. The first-order valence-corrected chi connectivity index (χ1v) is 7.30. The first-order chi connectivity index (χ1) is 8.63. The largest absolute Gasteiger partial charge is 0.396 e. The quantitative estimate of drug-likeness (QED) is 0.709. The molecule has 0 radical (unpaired) electrons. The van der Waals surface area contributed by atoms with Crippen LogP contribution in [0.4, 0.5) is 0 Å². The molecule has 1 fully saturated rings. The normalized spacial score (nSPS) is 22.7. The minimum atomic E-state index is 0.0426. The van der Waals surface area contributed by atoms with Crippen molar-refractivity contribution in [3.63, 3.8) is 0 Å². The van der Waals surface area contributed by atoms with Crippen LogP contribution in [-0.2, 0) is 0 Å². The first kappa shape index (κ1) is 15.9. The third-order valence-electron chi connectivity index (χ3n) is 3.94. The molecule has 4 nitrogen and oxygen atoms in total. The van der Waals surface area contributed by atoms with Crippen molar-refractivity contribution in [2.45, 2.75) is 33.1 Å². The van der Waals surface area contributed by atoms with Crippen molar-refractivity contribution in [3.8, 4) is 0 Å². The summed E-state index contributed by atoms with van der Waals surface area (Å²) >= 11 is 0. The maximum atomic E-state index is 9.58. The van der Waals surface area contributed by atoms with Gasteiger partial charge in [0.15, 0.2) is 0 Å². The number of hydrogen-bond acceptors (Lipinski definition) is 4. The van der Waals surface area contributed by atoms with Crippen LogP contribution in [0, 0.1) is 5.41 Å². The van der Waals surface area contributed by atoms with Crippen molar-refractivity contribution < 1.29 is 10.2 Å². The van der Waals surface area contributed by atoms with Gasteiger partial charge < -0.3 is 15.1 Å². The number of β-amino-alcohol motifs (C(OH)–C–C–N with tert-alkyl or cyclic N) is 1. The average molecular weight is 258 g/mol. The molecular formula is C14H30N2O2. The van der Waals surface area contributed by atoms with Crippen molar-refractivity contribution in [3.05, 3.63) is 0 Å². The van der Waals surface area contributed by atoms with Crippen LogP contribution in [0.3, 0.4) is 0 Å². The first-order valence-electron chi connectivity index (χ1n) is 7.30. The molecule has 1 rings (SSSR count). The molecule has 0 aromatic rings. The molecule has 4 heteroatoms. The smallest absolute Gasteiger partial charge is 0.0558 e. The highest BCUT2D eigenvalue weighted by atomic mass is 16.3. The Balaban J connectivity index is 2.42. The molecule has 108 valence electrons. The summed E-state index contributed by atoms with van der Waals surface area (Å²) in [6, 6.07) is 0. The second-order valence-electron chi connectivity index (χ2n) is 5.91. The predicted molar refractivity (Wildman–Crippen MR) is 74.7 cm³/mol. The summed E-state index contributed by atoms with van der Waals surface area (Å²) < 4.78 is 0. The van der Waals surface area contributed by atoms with Crippen LogP contribution >= 0.6 is 0 Å². The number of aliphatic hydroxyl groups is 2. The van der Waals surface area contributed by atoms with Crippen LogP contribution in [0.2, 0.25) is 0 Å². The summed E-state index contributed by atoms with van der Waals surface area (Å²) in [5.74, 6) is 0. The van der Waals surface area contributed by atoms with E-state index in [2.05, 4.69) is 23.6 Å². The van der Waals surface area contributed by atoms with Crippen LogP contribution in [0.1, 0.15) is 33.1 Å². The van der Waals surface area contributed by atoms with Gasteiger partial charge in [0.25, 0.3) is 0 Å². The molecule has 1 aliphatic heterocycles. The van der Waals surface area contributed by atoms with Gasteiger partial charge in [-0.1, -0.05) is 20.3 Å². The molecule has 1 heterocycles. The Morgan fingerprint density at radius 2 is 1.72 bits per heavy atom. The molecule has 0 amide bonds. The van der Waals surface area contributed by atoms with Crippen molar-refractivity contribution in [2.24, 2.45) is 5.41 Å². The van der Waals surface area contributed by atoms with Crippen molar-refractivity contribution >= 4 is 0 Å². The lowest BCUT2D eigenvalue weighted by Crippen LogP contribution is -2.40. The number of aliphatic hydroxyl groups excluding tert-OH is 2. The lowest BCUT2D eigenvalue weighted by Gasteiger charge is -2.33. The third-order valence-corrected chi connectivity index (χ3v) is 3.94. The number of rotatable bonds is 7. The summed E-state index contributed by atoms with van der Waals surface area (Å²) in [6.45, 7) is 11.0. The molecule has 0 spiro atoms. The Hall–Kier alpha value is -0.160. The minimum Gasteiger partial charge on any atom is -0.396 e. The fraction of sp³-hybridized carbons (Fsp3) is 1.00. The summed E-state index contributed by atoms with van der Waals surface area (Å²) in [7, 11) is 0. The van der Waals surface area contributed by atoms with Gasteiger partial charge in [0.1, 0.15) is 0 Å². The predicted octanol–water partition coefficient (Wildman–Crippen LogP) is 0.785. The van der Waals surface area contributed by atoms with Crippen molar-refractivity contribution in [2.75, 3.05) is 52.5 Å². The van der Waals surface area contributed by atoms with E-state index in [0.717, 1.165) is 58.5 Å². The summed E-state index contributed by atoms with van der Waals surface area (Å²) in [5, 5.41) is 18.6. The van der Waals surface area contributed by atoms with E-state index >= 15 is 0 Å². The molecule has 0 aromatic heterocycles. The standard InChI is InChI=1S/C14H30N2O2/c1-3-5-14(2,13-18)12-16-7-4-6-15(8-9-16)10-11-17/h17-18H,3-13H2,1-2H3. The molecule has 1 aliphatic rings. The number of hydrogen-bond donors (Lipinski definition) is 2. The molecule has 0 saturated carbocycles. The number of nitrogens with zero attached hydrogens (tertiary/aromatic N) is 2. The van der Waals surface area contributed by atoms with Crippen LogP contribution in [-0.4, -0.2) is 72.5 Å². The van der Waals surface area contributed by atoms with Gasteiger partial charge in [-0.2, -0.15) is 0 Å². The minimum absolute atomic E-state index is 0.0426. The highest BCUT2D eigenvalue weighted by Gasteiger charge is 2.26. The maximum absolute atomic E-state index is 9.58. The van der Waals surface area contributed by atoms with Gasteiger partial charge in [0.05, 0.1) is 6.61 Å². The summed E-state index contributed by atoms with van der Waals surface area (Å²) in [4.78, 5) is 4.80. The zero-order valence-electron chi connectivity index (χ0n) is 12.1. The van der Waals surface area contributed by atoms with Crippen molar-refractivity contribution in [1.29, 1.82) is 0 Å². The second-order valence-corrected chi connectivity index (χ2v) is 5.91. The molecule has 0 aromatic carbocycles. The van der Waals surface area contributed by atoms with E-state index in [-0.39, 0.29) is 18.6 Å². The SMILES string of the molecule is CCCC(C)(CO)CN1CCCN(CCO)CC1.